The topological polar surface area (TPSA) is 130 Å². The molecule has 0 atom stereocenters. The average Bonchev–Trinajstić information content (AvgIpc) is 2.03. The molecule has 0 bridgehead atoms. The van der Waals surface area contributed by atoms with Gasteiger partial charge in [0.2, 0.25) is 0 Å². The smallest absolute Gasteiger partial charge is 0.907 e. The van der Waals surface area contributed by atoms with Gasteiger partial charge in [-0.2, -0.15) is 0 Å². The predicted octanol–water partition coefficient (Wildman–Crippen LogP) is -4.25. The second-order valence-electron chi connectivity index (χ2n) is 2.09. The number of rotatable bonds is 1. The molecule has 0 spiro atoms. The number of hydrogen-bond donors (Lipinski definition) is 1. The molecule has 0 aromatic heterocycles. The predicted molar refractivity (Wildman–Crippen MR) is 50.1 cm³/mol. The van der Waals surface area contributed by atoms with Gasteiger partial charge < -0.3 is 25.3 Å². The molecule has 76 valence electrons. The first-order valence-corrected chi connectivity index (χ1v) is 3.42. The molecule has 0 aliphatic heterocycles. The van der Waals surface area contributed by atoms with Crippen LogP contribution in [0.15, 0.2) is 24.3 Å². The molecule has 16 heavy (non-hydrogen) atoms. The van der Waals surface area contributed by atoms with E-state index in [1.165, 1.54) is 24.3 Å². The van der Waals surface area contributed by atoms with E-state index in [0.717, 1.165) is 0 Å². The second kappa shape index (κ2) is 11.5. The van der Waals surface area contributed by atoms with Gasteiger partial charge in [0.05, 0.1) is 5.56 Å². The molecule has 6 nitrogen and oxygen atoms in total. The number of carbonyl (C=O) groups is 1. The van der Waals surface area contributed by atoms with Crippen molar-refractivity contribution in [2.75, 3.05) is 0 Å². The summed E-state index contributed by atoms with van der Waals surface area (Å²) in [6.45, 7) is 0. The monoisotopic (exact) mass is 244 g/mol. The molecule has 0 aliphatic rings. The Labute approximate surface area is 124 Å². The number of para-hydroxylation sites is 1. The fourth-order valence-corrected chi connectivity index (χ4v) is 0.643. The number of hydrogen-bond acceptors (Lipinski definition) is 5. The van der Waals surface area contributed by atoms with Gasteiger partial charge in [-0.15, -0.1) is 0 Å². The summed E-state index contributed by atoms with van der Waals surface area (Å²) in [5.41, 5.74) is -0.178. The molecular formula is C7H5BMg2O6. The Morgan fingerprint density at radius 2 is 1.50 bits per heavy atom. The quantitative estimate of drug-likeness (QED) is 0.498. The van der Waals surface area contributed by atoms with Crippen molar-refractivity contribution in [1.29, 1.82) is 0 Å². The zero-order valence-corrected chi connectivity index (χ0v) is 11.1. The Kier molecular flexibility index (Phi) is 15.2. The fourth-order valence-electron chi connectivity index (χ4n) is 0.643. The minimum Gasteiger partial charge on any atom is -0.907 e. The largest absolute Gasteiger partial charge is 2.00 e. The molecule has 1 aromatic carbocycles. The van der Waals surface area contributed by atoms with Gasteiger partial charge in [-0.05, 0) is 6.07 Å². The third-order valence-electron chi connectivity index (χ3n) is 1.12. The summed E-state index contributed by atoms with van der Waals surface area (Å²) in [5, 5.41) is 44.3. The first-order chi connectivity index (χ1) is 6.45. The van der Waals surface area contributed by atoms with Crippen molar-refractivity contribution in [3.05, 3.63) is 29.8 Å². The van der Waals surface area contributed by atoms with Gasteiger partial charge in [-0.3, -0.25) is 7.32 Å². The van der Waals surface area contributed by atoms with Crippen molar-refractivity contribution in [2.24, 2.45) is 0 Å². The molecule has 0 fully saturated rings. The molecule has 0 saturated carbocycles. The molecule has 1 N–H and O–H groups in total. The van der Waals surface area contributed by atoms with Gasteiger partial charge >= 0.3 is 52.1 Å². The molecule has 1 aromatic rings. The van der Waals surface area contributed by atoms with E-state index < -0.39 is 19.0 Å². The standard InChI is InChI=1S/C7H6O3.BO3.2Mg/c8-6-4-2-1-3-5(6)7(9)10;2-1(3)4;;/h1-4,8H,(H,9,10);;;/q;-3;2*+2/p-1. The molecule has 0 aliphatic carbocycles. The first kappa shape index (κ1) is 21.3. The van der Waals surface area contributed by atoms with Gasteiger partial charge in [0.1, 0.15) is 0 Å². The Bertz CT molecular complexity index is 306. The van der Waals surface area contributed by atoms with Crippen LogP contribution >= 0.6 is 0 Å². The van der Waals surface area contributed by atoms with Crippen LogP contribution in [0.25, 0.3) is 0 Å². The van der Waals surface area contributed by atoms with E-state index in [1.54, 1.807) is 0 Å². The van der Waals surface area contributed by atoms with Gasteiger partial charge in [0.15, 0.2) is 0 Å². The SMILES string of the molecule is O=C(O)c1ccccc1[O-].[Mg+2].[Mg+2].[O-]B([O-])[O-]. The number of benzene rings is 1. The van der Waals surface area contributed by atoms with Crippen molar-refractivity contribution in [2.45, 2.75) is 0 Å². The van der Waals surface area contributed by atoms with Crippen LogP contribution in [0.1, 0.15) is 10.4 Å². The molecular weight excluding hydrogens is 239 g/mol. The molecule has 0 unspecified atom stereocenters. The second-order valence-corrected chi connectivity index (χ2v) is 2.09. The van der Waals surface area contributed by atoms with Crippen molar-refractivity contribution in [1.82, 2.24) is 0 Å². The Hall–Kier alpha value is -0.0326. The summed E-state index contributed by atoms with van der Waals surface area (Å²) >= 11 is 0. The summed E-state index contributed by atoms with van der Waals surface area (Å²) in [5.74, 6) is -1.62. The van der Waals surface area contributed by atoms with Crippen LogP contribution in [-0.4, -0.2) is 64.5 Å². The fraction of sp³-hybridized carbons (Fsp3) is 0. The minimum absolute atomic E-state index is 0. The van der Waals surface area contributed by atoms with E-state index in [9.17, 15) is 9.90 Å². The van der Waals surface area contributed by atoms with E-state index in [1.807, 2.05) is 0 Å². The van der Waals surface area contributed by atoms with Crippen LogP contribution in [0.5, 0.6) is 5.75 Å². The number of carboxylic acid groups (broad SMARTS) is 1. The first-order valence-electron chi connectivity index (χ1n) is 3.42. The normalized spacial score (nSPS) is 7.44. The van der Waals surface area contributed by atoms with E-state index in [4.69, 9.17) is 20.2 Å². The van der Waals surface area contributed by atoms with Crippen LogP contribution in [-0.2, 0) is 0 Å². The van der Waals surface area contributed by atoms with Crippen molar-refractivity contribution in [3.8, 4) is 5.75 Å². The van der Waals surface area contributed by atoms with Crippen LogP contribution < -0.4 is 20.2 Å². The third-order valence-corrected chi connectivity index (χ3v) is 1.12. The van der Waals surface area contributed by atoms with E-state index in [2.05, 4.69) is 0 Å². The van der Waals surface area contributed by atoms with E-state index in [0.29, 0.717) is 0 Å². The van der Waals surface area contributed by atoms with Crippen molar-refractivity contribution >= 4 is 59.4 Å². The van der Waals surface area contributed by atoms with E-state index >= 15 is 0 Å². The summed E-state index contributed by atoms with van der Waals surface area (Å²) in [7, 11) is -2.92. The summed E-state index contributed by atoms with van der Waals surface area (Å²) in [6.07, 6.45) is 0. The maximum atomic E-state index is 10.7. The maximum absolute atomic E-state index is 10.7. The molecule has 0 saturated heterocycles. The van der Waals surface area contributed by atoms with Gasteiger partial charge in [0.25, 0.3) is 0 Å². The van der Waals surface area contributed by atoms with Crippen LogP contribution in [0, 0.1) is 0 Å². The minimum atomic E-state index is -2.92. The number of aromatic carboxylic acids is 1. The maximum Gasteiger partial charge on any atom is 2.00 e. The van der Waals surface area contributed by atoms with Crippen LogP contribution in [0.4, 0.5) is 0 Å². The molecule has 9 heteroatoms. The summed E-state index contributed by atoms with van der Waals surface area (Å²) in [4.78, 5) is 10.2. The Morgan fingerprint density at radius 3 is 1.75 bits per heavy atom. The van der Waals surface area contributed by atoms with Crippen molar-refractivity contribution < 1.29 is 30.1 Å². The molecule has 1 rings (SSSR count). The third kappa shape index (κ3) is 10.5. The van der Waals surface area contributed by atoms with E-state index in [-0.39, 0.29) is 51.7 Å². The summed E-state index contributed by atoms with van der Waals surface area (Å²) in [6, 6.07) is 5.54. The zero-order valence-electron chi connectivity index (χ0n) is 8.29. The van der Waals surface area contributed by atoms with Crippen LogP contribution in [0.2, 0.25) is 0 Å². The van der Waals surface area contributed by atoms with Crippen LogP contribution in [0.3, 0.4) is 0 Å². The average molecular weight is 245 g/mol. The molecule has 0 amide bonds. The van der Waals surface area contributed by atoms with Gasteiger partial charge in [-0.25, -0.2) is 4.79 Å². The molecule has 0 radical (unpaired) electrons. The van der Waals surface area contributed by atoms with Crippen molar-refractivity contribution in [3.63, 3.8) is 0 Å². The molecule has 0 heterocycles. The summed E-state index contributed by atoms with van der Waals surface area (Å²) < 4.78 is 0. The number of carboxylic acids is 1. The Morgan fingerprint density at radius 1 is 1.12 bits per heavy atom. The van der Waals surface area contributed by atoms with Gasteiger partial charge in [-0.1, -0.05) is 23.9 Å². The Balaban J connectivity index is -0.000000249. The zero-order chi connectivity index (χ0) is 11.1. The van der Waals surface area contributed by atoms with Gasteiger partial charge in [0, 0.05) is 0 Å².